The number of hydrogen-bond acceptors (Lipinski definition) is 1. The fourth-order valence-corrected chi connectivity index (χ4v) is 3.34. The van der Waals surface area contributed by atoms with Gasteiger partial charge < -0.3 is 5.32 Å². The van der Waals surface area contributed by atoms with Gasteiger partial charge in [0.15, 0.2) is 0 Å². The van der Waals surface area contributed by atoms with Gasteiger partial charge in [0.05, 0.1) is 5.56 Å². The molecule has 20 heavy (non-hydrogen) atoms. The van der Waals surface area contributed by atoms with Crippen LogP contribution in [0.25, 0.3) is 0 Å². The van der Waals surface area contributed by atoms with Crippen LogP contribution in [0.4, 0.5) is 13.2 Å². The summed E-state index contributed by atoms with van der Waals surface area (Å²) < 4.78 is 38.6. The average Bonchev–Trinajstić information content (AvgIpc) is 2.83. The van der Waals surface area contributed by atoms with Crippen LogP contribution in [0.15, 0.2) is 24.3 Å². The highest BCUT2D eigenvalue weighted by atomic mass is 19.4. The van der Waals surface area contributed by atoms with Gasteiger partial charge in [-0.15, -0.1) is 0 Å². The minimum atomic E-state index is -4.27. The Hall–Kier alpha value is -1.03. The Morgan fingerprint density at radius 3 is 2.45 bits per heavy atom. The van der Waals surface area contributed by atoms with Crippen molar-refractivity contribution in [2.75, 3.05) is 6.54 Å². The second kappa shape index (κ2) is 5.76. The number of nitrogens with one attached hydrogen (secondary N) is 1. The molecule has 2 rings (SSSR count). The second-order valence-corrected chi connectivity index (χ2v) is 5.98. The zero-order chi connectivity index (χ0) is 14.8. The fraction of sp³-hybridized carbons (Fsp3) is 0.625. The minimum absolute atomic E-state index is 0.00250. The van der Waals surface area contributed by atoms with Gasteiger partial charge in [-0.25, -0.2) is 0 Å². The van der Waals surface area contributed by atoms with E-state index in [2.05, 4.69) is 12.2 Å². The van der Waals surface area contributed by atoms with Crippen LogP contribution in [-0.2, 0) is 6.18 Å². The maximum atomic E-state index is 12.9. The first-order chi connectivity index (χ1) is 9.37. The van der Waals surface area contributed by atoms with Crippen molar-refractivity contribution in [3.05, 3.63) is 35.4 Å². The predicted octanol–water partition coefficient (Wildman–Crippen LogP) is 4.94. The zero-order valence-electron chi connectivity index (χ0n) is 12.1. The molecule has 0 bridgehead atoms. The van der Waals surface area contributed by atoms with Gasteiger partial charge in [0.2, 0.25) is 0 Å². The van der Waals surface area contributed by atoms with E-state index in [1.807, 2.05) is 13.0 Å². The van der Waals surface area contributed by atoms with Crippen molar-refractivity contribution in [1.82, 2.24) is 5.32 Å². The molecule has 1 atom stereocenters. The SMILES string of the molecule is CCNC(c1cccc(C(F)(F)F)c1)C1(C)CCCC1. The Balaban J connectivity index is 2.34. The Labute approximate surface area is 118 Å². The molecule has 1 aromatic rings. The molecule has 0 amide bonds. The third-order valence-electron chi connectivity index (χ3n) is 4.40. The summed E-state index contributed by atoms with van der Waals surface area (Å²) in [6, 6.07) is 5.77. The molecular weight excluding hydrogens is 263 g/mol. The van der Waals surface area contributed by atoms with Crippen molar-refractivity contribution in [2.45, 2.75) is 51.7 Å². The summed E-state index contributed by atoms with van der Waals surface area (Å²) in [5, 5.41) is 3.39. The molecule has 112 valence electrons. The zero-order valence-corrected chi connectivity index (χ0v) is 12.1. The molecule has 1 nitrogen and oxygen atoms in total. The first kappa shape index (κ1) is 15.4. The van der Waals surface area contributed by atoms with Gasteiger partial charge in [0, 0.05) is 6.04 Å². The number of halogens is 3. The number of rotatable bonds is 4. The Morgan fingerprint density at radius 2 is 1.90 bits per heavy atom. The number of benzene rings is 1. The van der Waals surface area contributed by atoms with E-state index in [1.54, 1.807) is 0 Å². The van der Waals surface area contributed by atoms with E-state index in [0.717, 1.165) is 43.9 Å². The van der Waals surface area contributed by atoms with Gasteiger partial charge >= 0.3 is 6.18 Å². The molecule has 0 saturated heterocycles. The lowest BCUT2D eigenvalue weighted by Gasteiger charge is -2.35. The highest BCUT2D eigenvalue weighted by Gasteiger charge is 2.38. The van der Waals surface area contributed by atoms with Crippen molar-refractivity contribution in [1.29, 1.82) is 0 Å². The van der Waals surface area contributed by atoms with Crippen LogP contribution in [0.2, 0.25) is 0 Å². The van der Waals surface area contributed by atoms with Crippen molar-refractivity contribution >= 4 is 0 Å². The third-order valence-corrected chi connectivity index (χ3v) is 4.40. The molecule has 1 aliphatic carbocycles. The normalized spacial score (nSPS) is 20.1. The van der Waals surface area contributed by atoms with Gasteiger partial charge in [-0.1, -0.05) is 38.8 Å². The highest BCUT2D eigenvalue weighted by Crippen LogP contribution is 2.47. The van der Waals surface area contributed by atoms with Crippen LogP contribution >= 0.6 is 0 Å². The molecule has 0 aliphatic heterocycles. The van der Waals surface area contributed by atoms with Crippen LogP contribution in [0.5, 0.6) is 0 Å². The predicted molar refractivity (Wildman–Crippen MR) is 74.4 cm³/mol. The van der Waals surface area contributed by atoms with E-state index in [9.17, 15) is 13.2 Å². The van der Waals surface area contributed by atoms with E-state index < -0.39 is 11.7 Å². The molecule has 0 radical (unpaired) electrons. The summed E-state index contributed by atoms with van der Waals surface area (Å²) in [7, 11) is 0. The minimum Gasteiger partial charge on any atom is -0.310 e. The second-order valence-electron chi connectivity index (χ2n) is 5.98. The van der Waals surface area contributed by atoms with E-state index >= 15 is 0 Å². The van der Waals surface area contributed by atoms with Crippen molar-refractivity contribution in [3.8, 4) is 0 Å². The Bertz CT molecular complexity index is 447. The Kier molecular flexibility index (Phi) is 4.43. The fourth-order valence-electron chi connectivity index (χ4n) is 3.34. The van der Waals surface area contributed by atoms with E-state index in [0.29, 0.717) is 0 Å². The maximum Gasteiger partial charge on any atom is 0.416 e. The van der Waals surface area contributed by atoms with Crippen LogP contribution < -0.4 is 5.32 Å². The Morgan fingerprint density at radius 1 is 1.25 bits per heavy atom. The van der Waals surface area contributed by atoms with Gasteiger partial charge in [0.1, 0.15) is 0 Å². The summed E-state index contributed by atoms with van der Waals surface area (Å²) >= 11 is 0. The average molecular weight is 285 g/mol. The highest BCUT2D eigenvalue weighted by molar-refractivity contribution is 5.29. The van der Waals surface area contributed by atoms with E-state index in [4.69, 9.17) is 0 Å². The molecule has 1 N–H and O–H groups in total. The van der Waals surface area contributed by atoms with Gasteiger partial charge in [-0.3, -0.25) is 0 Å². The van der Waals surface area contributed by atoms with Gasteiger partial charge in [-0.2, -0.15) is 13.2 Å². The third kappa shape index (κ3) is 3.17. The number of hydrogen-bond donors (Lipinski definition) is 1. The smallest absolute Gasteiger partial charge is 0.310 e. The van der Waals surface area contributed by atoms with Crippen molar-refractivity contribution in [3.63, 3.8) is 0 Å². The topological polar surface area (TPSA) is 12.0 Å². The molecule has 1 saturated carbocycles. The van der Waals surface area contributed by atoms with Crippen molar-refractivity contribution < 1.29 is 13.2 Å². The summed E-state index contributed by atoms with van der Waals surface area (Å²) in [5.74, 6) is 0. The monoisotopic (exact) mass is 285 g/mol. The molecular formula is C16H22F3N. The molecule has 0 spiro atoms. The molecule has 0 aromatic heterocycles. The summed E-state index contributed by atoms with van der Waals surface area (Å²) in [6.45, 7) is 4.95. The first-order valence-corrected chi connectivity index (χ1v) is 7.27. The lowest BCUT2D eigenvalue weighted by atomic mass is 9.77. The van der Waals surface area contributed by atoms with E-state index in [-0.39, 0.29) is 11.5 Å². The van der Waals surface area contributed by atoms with Crippen LogP contribution in [0.3, 0.4) is 0 Å². The molecule has 0 heterocycles. The first-order valence-electron chi connectivity index (χ1n) is 7.27. The maximum absolute atomic E-state index is 12.9. The lowest BCUT2D eigenvalue weighted by molar-refractivity contribution is -0.137. The quantitative estimate of drug-likeness (QED) is 0.826. The van der Waals surface area contributed by atoms with Crippen LogP contribution in [0, 0.1) is 5.41 Å². The molecule has 1 fully saturated rings. The van der Waals surface area contributed by atoms with E-state index in [1.165, 1.54) is 12.1 Å². The molecule has 1 aromatic carbocycles. The molecule has 1 unspecified atom stereocenters. The van der Waals surface area contributed by atoms with Gasteiger partial charge in [-0.05, 0) is 42.5 Å². The summed E-state index contributed by atoms with van der Waals surface area (Å²) in [4.78, 5) is 0. The standard InChI is InChI=1S/C16H22F3N/c1-3-20-14(15(2)9-4-5-10-15)12-7-6-8-13(11-12)16(17,18)19/h6-8,11,14,20H,3-5,9-10H2,1-2H3. The lowest BCUT2D eigenvalue weighted by Crippen LogP contribution is -2.34. The van der Waals surface area contributed by atoms with Crippen molar-refractivity contribution in [2.24, 2.45) is 5.41 Å². The summed E-state index contributed by atoms with van der Waals surface area (Å²) in [5.41, 5.74) is 0.255. The summed E-state index contributed by atoms with van der Waals surface area (Å²) in [6.07, 6.45) is 0.194. The number of alkyl halides is 3. The molecule has 1 aliphatic rings. The van der Waals surface area contributed by atoms with Crippen LogP contribution in [0.1, 0.15) is 56.7 Å². The van der Waals surface area contributed by atoms with Gasteiger partial charge in [0.25, 0.3) is 0 Å². The van der Waals surface area contributed by atoms with Crippen LogP contribution in [-0.4, -0.2) is 6.54 Å². The largest absolute Gasteiger partial charge is 0.416 e. The molecule has 4 heteroatoms.